The number of rotatable bonds is 3. The smallest absolute Gasteiger partial charge is 0.218 e. The van der Waals surface area contributed by atoms with E-state index in [2.05, 4.69) is 14.9 Å². The summed E-state index contributed by atoms with van der Waals surface area (Å²) < 4.78 is 23.9. The zero-order valence-corrected chi connectivity index (χ0v) is 11.7. The largest absolute Gasteiger partial charge is 0.481 e. The summed E-state index contributed by atoms with van der Waals surface area (Å²) in [6.45, 7) is 2.00. The van der Waals surface area contributed by atoms with Crippen molar-refractivity contribution in [3.63, 3.8) is 0 Å². The monoisotopic (exact) mass is 289 g/mol. The van der Waals surface area contributed by atoms with Crippen molar-refractivity contribution in [1.29, 1.82) is 0 Å². The van der Waals surface area contributed by atoms with Gasteiger partial charge in [0.25, 0.3) is 0 Å². The lowest BCUT2D eigenvalue weighted by Gasteiger charge is -2.33. The van der Waals surface area contributed by atoms with Gasteiger partial charge in [0.1, 0.15) is 24.1 Å². The molecule has 0 spiro atoms. The molecule has 1 unspecified atom stereocenters. The molecule has 5 nitrogen and oxygen atoms in total. The van der Waals surface area contributed by atoms with Crippen molar-refractivity contribution >= 4 is 5.82 Å². The molecule has 1 aromatic heterocycles. The summed E-state index contributed by atoms with van der Waals surface area (Å²) in [5, 5.41) is 0. The zero-order chi connectivity index (χ0) is 14.7. The van der Waals surface area contributed by atoms with E-state index < -0.39 is 0 Å². The number of hydrogen-bond donors (Lipinski definition) is 0. The number of morpholine rings is 1. The maximum atomic E-state index is 13.0. The van der Waals surface area contributed by atoms with E-state index in [0.717, 1.165) is 17.9 Å². The Balaban J connectivity index is 1.77. The average molecular weight is 289 g/mol. The summed E-state index contributed by atoms with van der Waals surface area (Å²) in [6.07, 6.45) is 1.39. The minimum atomic E-state index is -0.244. The average Bonchev–Trinajstić information content (AvgIpc) is 2.56. The molecule has 0 aliphatic carbocycles. The third-order valence-electron chi connectivity index (χ3n) is 3.47. The first-order chi connectivity index (χ1) is 10.3. The zero-order valence-electron chi connectivity index (χ0n) is 11.7. The first-order valence-electron chi connectivity index (χ1n) is 6.74. The quantitative estimate of drug-likeness (QED) is 0.867. The second-order valence-corrected chi connectivity index (χ2v) is 4.78. The van der Waals surface area contributed by atoms with Gasteiger partial charge in [-0.2, -0.15) is 0 Å². The summed E-state index contributed by atoms with van der Waals surface area (Å²) in [5.41, 5.74) is 0.960. The molecule has 6 heteroatoms. The van der Waals surface area contributed by atoms with Gasteiger partial charge in [-0.05, 0) is 17.7 Å². The van der Waals surface area contributed by atoms with E-state index in [9.17, 15) is 4.39 Å². The fourth-order valence-corrected chi connectivity index (χ4v) is 2.35. The van der Waals surface area contributed by atoms with Gasteiger partial charge in [0.05, 0.1) is 13.7 Å². The molecule has 2 heterocycles. The van der Waals surface area contributed by atoms with Crippen LogP contribution in [0.4, 0.5) is 10.2 Å². The molecule has 110 valence electrons. The predicted octanol–water partition coefficient (Wildman–Crippen LogP) is 2.20. The van der Waals surface area contributed by atoms with E-state index in [-0.39, 0.29) is 11.9 Å². The second-order valence-electron chi connectivity index (χ2n) is 4.78. The molecule has 2 aromatic rings. The van der Waals surface area contributed by atoms with Crippen molar-refractivity contribution in [1.82, 2.24) is 9.97 Å². The molecule has 1 atom stereocenters. The Morgan fingerprint density at radius 2 is 2.10 bits per heavy atom. The molecule has 3 rings (SSSR count). The Morgan fingerprint density at radius 3 is 2.86 bits per heavy atom. The first kappa shape index (κ1) is 13.8. The van der Waals surface area contributed by atoms with Crippen LogP contribution < -0.4 is 9.64 Å². The van der Waals surface area contributed by atoms with Crippen molar-refractivity contribution in [3.8, 4) is 5.88 Å². The Bertz CT molecular complexity index is 606. The van der Waals surface area contributed by atoms with Crippen molar-refractivity contribution in [3.05, 3.63) is 48.0 Å². The molecule has 0 amide bonds. The van der Waals surface area contributed by atoms with Gasteiger partial charge in [0.15, 0.2) is 0 Å². The molecule has 1 aliphatic rings. The molecule has 0 bridgehead atoms. The van der Waals surface area contributed by atoms with E-state index in [1.165, 1.54) is 18.5 Å². The molecular formula is C15H16FN3O2. The van der Waals surface area contributed by atoms with Crippen molar-refractivity contribution in [2.75, 3.05) is 31.7 Å². The van der Waals surface area contributed by atoms with Crippen LogP contribution in [0.25, 0.3) is 0 Å². The van der Waals surface area contributed by atoms with Crippen molar-refractivity contribution < 1.29 is 13.9 Å². The van der Waals surface area contributed by atoms with Gasteiger partial charge >= 0.3 is 0 Å². The molecule has 0 saturated carbocycles. The topological polar surface area (TPSA) is 47.5 Å². The highest BCUT2D eigenvalue weighted by Crippen LogP contribution is 2.26. The molecule has 1 fully saturated rings. The van der Waals surface area contributed by atoms with Crippen LogP contribution in [0.5, 0.6) is 5.88 Å². The number of methoxy groups -OCH3 is 1. The summed E-state index contributed by atoms with van der Waals surface area (Å²) in [7, 11) is 1.58. The van der Waals surface area contributed by atoms with E-state index in [4.69, 9.17) is 9.47 Å². The summed E-state index contributed by atoms with van der Waals surface area (Å²) in [6, 6.07) is 8.21. The minimum absolute atomic E-state index is 0.0969. The maximum Gasteiger partial charge on any atom is 0.218 e. The van der Waals surface area contributed by atoms with Crippen molar-refractivity contribution in [2.24, 2.45) is 0 Å². The number of hydrogen-bond acceptors (Lipinski definition) is 5. The first-order valence-corrected chi connectivity index (χ1v) is 6.74. The number of anilines is 1. The molecule has 21 heavy (non-hydrogen) atoms. The molecule has 1 saturated heterocycles. The van der Waals surface area contributed by atoms with Gasteiger partial charge in [-0.3, -0.25) is 0 Å². The number of nitrogens with zero attached hydrogens (tertiary/aromatic N) is 3. The highest BCUT2D eigenvalue weighted by atomic mass is 19.1. The number of benzene rings is 1. The Hall–Kier alpha value is -2.21. The SMILES string of the molecule is COc1cc(N2CCOC(c3ccc(F)cc3)C2)ncn1. The van der Waals surface area contributed by atoms with E-state index in [1.807, 2.05) is 0 Å². The van der Waals surface area contributed by atoms with Crippen LogP contribution >= 0.6 is 0 Å². The van der Waals surface area contributed by atoms with Crippen LogP contribution in [0.3, 0.4) is 0 Å². The van der Waals surface area contributed by atoms with Crippen LogP contribution in [0.2, 0.25) is 0 Å². The third kappa shape index (κ3) is 3.11. The molecule has 0 N–H and O–H groups in total. The van der Waals surface area contributed by atoms with Crippen LogP contribution in [-0.2, 0) is 4.74 Å². The number of halogens is 1. The molecule has 1 aliphatic heterocycles. The standard InChI is InChI=1S/C15H16FN3O2/c1-20-15-8-14(17-10-18-15)19-6-7-21-13(9-19)11-2-4-12(16)5-3-11/h2-5,8,10,13H,6-7,9H2,1H3. The van der Waals surface area contributed by atoms with Crippen LogP contribution in [0.15, 0.2) is 36.7 Å². The highest BCUT2D eigenvalue weighted by molar-refractivity contribution is 5.42. The van der Waals surface area contributed by atoms with Gasteiger partial charge in [0.2, 0.25) is 5.88 Å². The fourth-order valence-electron chi connectivity index (χ4n) is 2.35. The van der Waals surface area contributed by atoms with E-state index >= 15 is 0 Å². The summed E-state index contributed by atoms with van der Waals surface area (Å²) >= 11 is 0. The fraction of sp³-hybridized carbons (Fsp3) is 0.333. The van der Waals surface area contributed by atoms with Gasteiger partial charge in [-0.15, -0.1) is 0 Å². The lowest BCUT2D eigenvalue weighted by atomic mass is 10.1. The van der Waals surface area contributed by atoms with Crippen LogP contribution in [0.1, 0.15) is 11.7 Å². The lowest BCUT2D eigenvalue weighted by Crippen LogP contribution is -2.38. The molecule has 0 radical (unpaired) electrons. The highest BCUT2D eigenvalue weighted by Gasteiger charge is 2.23. The van der Waals surface area contributed by atoms with Gasteiger partial charge < -0.3 is 14.4 Å². The second kappa shape index (κ2) is 6.05. The maximum absolute atomic E-state index is 13.0. The number of aromatic nitrogens is 2. The van der Waals surface area contributed by atoms with Crippen LogP contribution in [-0.4, -0.2) is 36.8 Å². The van der Waals surface area contributed by atoms with Gasteiger partial charge in [-0.1, -0.05) is 12.1 Å². The summed E-state index contributed by atoms with van der Waals surface area (Å²) in [5.74, 6) is 1.09. The van der Waals surface area contributed by atoms with E-state index in [0.29, 0.717) is 19.0 Å². The minimum Gasteiger partial charge on any atom is -0.481 e. The third-order valence-corrected chi connectivity index (χ3v) is 3.47. The normalized spacial score (nSPS) is 18.6. The van der Waals surface area contributed by atoms with Gasteiger partial charge in [-0.25, -0.2) is 14.4 Å². The summed E-state index contributed by atoms with van der Waals surface area (Å²) in [4.78, 5) is 10.4. The predicted molar refractivity (Wildman–Crippen MR) is 75.9 cm³/mol. The molecular weight excluding hydrogens is 273 g/mol. The van der Waals surface area contributed by atoms with Crippen LogP contribution in [0, 0.1) is 5.82 Å². The Labute approximate surface area is 122 Å². The Morgan fingerprint density at radius 1 is 1.29 bits per heavy atom. The number of ether oxygens (including phenoxy) is 2. The Kier molecular flexibility index (Phi) is 3.96. The van der Waals surface area contributed by atoms with Crippen molar-refractivity contribution in [2.45, 2.75) is 6.10 Å². The molecule has 1 aromatic carbocycles. The van der Waals surface area contributed by atoms with E-state index in [1.54, 1.807) is 25.3 Å². The van der Waals surface area contributed by atoms with Gasteiger partial charge in [0, 0.05) is 19.2 Å². The lowest BCUT2D eigenvalue weighted by molar-refractivity contribution is 0.0394.